The Kier molecular flexibility index (Phi) is 11.5. The van der Waals surface area contributed by atoms with E-state index < -0.39 is 12.2 Å². The first kappa shape index (κ1) is 30.1. The summed E-state index contributed by atoms with van der Waals surface area (Å²) in [5.41, 5.74) is 5.35. The molecule has 2 aliphatic rings. The van der Waals surface area contributed by atoms with Crippen molar-refractivity contribution in [2.75, 3.05) is 19.6 Å². The predicted octanol–water partition coefficient (Wildman–Crippen LogP) is 2.86. The molecule has 0 spiro atoms. The van der Waals surface area contributed by atoms with Gasteiger partial charge in [-0.1, -0.05) is 55.0 Å². The first-order chi connectivity index (χ1) is 19.4. The molecule has 2 aliphatic heterocycles. The van der Waals surface area contributed by atoms with E-state index in [1.165, 1.54) is 0 Å². The molecule has 10 heteroatoms. The SMILES string of the molecule is O=C(CCCCCC(=O)NCc1ccc([C@@H]2O[C@H](CN3CC[C@H](O)C3)C[C@H](c3ccc(CO)cc3)O2)cc1)NO. The Morgan fingerprint density at radius 1 is 0.900 bits per heavy atom. The highest BCUT2D eigenvalue weighted by atomic mass is 16.7. The normalized spacial score (nSPS) is 23.2. The second kappa shape index (κ2) is 15.2. The highest BCUT2D eigenvalue weighted by Gasteiger charge is 2.34. The van der Waals surface area contributed by atoms with Crippen molar-refractivity contribution in [3.8, 4) is 0 Å². The minimum Gasteiger partial charge on any atom is -0.392 e. The fourth-order valence-electron chi connectivity index (χ4n) is 5.18. The minimum atomic E-state index is -0.551. The number of β-amino-alcohol motifs (C(OH)–C–C–N with tert-alkyl or cyclic N) is 1. The number of aliphatic hydroxyl groups is 2. The number of amides is 2. The van der Waals surface area contributed by atoms with Crippen LogP contribution in [-0.4, -0.2) is 64.0 Å². The Balaban J connectivity index is 1.31. The highest BCUT2D eigenvalue weighted by molar-refractivity contribution is 5.76. The van der Waals surface area contributed by atoms with Crippen molar-refractivity contribution in [3.63, 3.8) is 0 Å². The number of carbonyl (C=O) groups excluding carboxylic acids is 2. The number of hydrogen-bond donors (Lipinski definition) is 5. The third-order valence-corrected chi connectivity index (χ3v) is 7.50. The molecule has 0 aliphatic carbocycles. The van der Waals surface area contributed by atoms with Crippen LogP contribution in [0.2, 0.25) is 0 Å². The summed E-state index contributed by atoms with van der Waals surface area (Å²) in [5.74, 6) is -0.453. The molecular formula is C30H41N3O7. The summed E-state index contributed by atoms with van der Waals surface area (Å²) in [6.45, 7) is 2.64. The zero-order valence-electron chi connectivity index (χ0n) is 22.8. The van der Waals surface area contributed by atoms with Crippen LogP contribution in [0.5, 0.6) is 0 Å². The molecule has 4 atom stereocenters. The molecule has 0 saturated carbocycles. The van der Waals surface area contributed by atoms with Crippen LogP contribution >= 0.6 is 0 Å². The van der Waals surface area contributed by atoms with E-state index in [0.29, 0.717) is 38.8 Å². The van der Waals surface area contributed by atoms with Gasteiger partial charge in [-0.25, -0.2) is 5.48 Å². The number of likely N-dealkylation sites (tertiary alicyclic amines) is 1. The number of nitrogens with zero attached hydrogens (tertiary/aromatic N) is 1. The Hall–Kier alpha value is -2.86. The second-order valence-electron chi connectivity index (χ2n) is 10.7. The first-order valence-corrected chi connectivity index (χ1v) is 14.1. The minimum absolute atomic E-state index is 0.00420. The van der Waals surface area contributed by atoms with Crippen LogP contribution in [0.1, 0.15) is 79.6 Å². The molecule has 0 bridgehead atoms. The van der Waals surface area contributed by atoms with Crippen LogP contribution in [0, 0.1) is 0 Å². The van der Waals surface area contributed by atoms with Crippen molar-refractivity contribution < 1.29 is 34.5 Å². The molecule has 10 nitrogen and oxygen atoms in total. The number of ether oxygens (including phenoxy) is 2. The molecule has 2 aromatic carbocycles. The second-order valence-corrected chi connectivity index (χ2v) is 10.7. The van der Waals surface area contributed by atoms with Gasteiger partial charge in [-0.3, -0.25) is 19.7 Å². The lowest BCUT2D eigenvalue weighted by Crippen LogP contribution is -2.38. The van der Waals surface area contributed by atoms with Crippen LogP contribution in [0.15, 0.2) is 48.5 Å². The first-order valence-electron chi connectivity index (χ1n) is 14.1. The van der Waals surface area contributed by atoms with E-state index in [9.17, 15) is 19.8 Å². The molecule has 2 aromatic rings. The standard InChI is InChI=1S/C30H41N3O7/c34-20-22-8-10-23(11-9-22)27-16-26(19-33-15-14-25(35)18-33)39-30(40-27)24-12-6-21(7-13-24)17-31-28(36)4-2-1-3-5-29(37)32-38/h6-13,25-27,30,34-35,38H,1-5,14-20H2,(H,31,36)(H,32,37)/t25-,26-,27+,30+/m0/s1. The van der Waals surface area contributed by atoms with E-state index in [2.05, 4.69) is 10.2 Å². The van der Waals surface area contributed by atoms with Crippen LogP contribution < -0.4 is 10.8 Å². The van der Waals surface area contributed by atoms with Gasteiger partial charge in [0.2, 0.25) is 11.8 Å². The van der Waals surface area contributed by atoms with Gasteiger partial charge in [-0.05, 0) is 36.0 Å². The highest BCUT2D eigenvalue weighted by Crippen LogP contribution is 2.38. The molecule has 2 fully saturated rings. The topological polar surface area (TPSA) is 141 Å². The summed E-state index contributed by atoms with van der Waals surface area (Å²) < 4.78 is 12.8. The number of hydrogen-bond acceptors (Lipinski definition) is 8. The Labute approximate surface area is 235 Å². The van der Waals surface area contributed by atoms with E-state index in [4.69, 9.17) is 14.7 Å². The van der Waals surface area contributed by atoms with Crippen molar-refractivity contribution in [3.05, 3.63) is 70.8 Å². The van der Waals surface area contributed by atoms with E-state index in [0.717, 1.165) is 48.2 Å². The van der Waals surface area contributed by atoms with E-state index in [-0.39, 0.29) is 37.2 Å². The number of benzene rings is 2. The van der Waals surface area contributed by atoms with Crippen molar-refractivity contribution in [2.24, 2.45) is 0 Å². The molecule has 2 amide bonds. The summed E-state index contributed by atoms with van der Waals surface area (Å²) in [6, 6.07) is 15.7. The molecule has 4 rings (SSSR count). The van der Waals surface area contributed by atoms with Crippen LogP contribution in [0.25, 0.3) is 0 Å². The van der Waals surface area contributed by atoms with Gasteiger partial charge >= 0.3 is 0 Å². The molecule has 0 aromatic heterocycles. The van der Waals surface area contributed by atoms with E-state index in [1.54, 1.807) is 5.48 Å². The lowest BCUT2D eigenvalue weighted by Gasteiger charge is -2.37. The Bertz CT molecular complexity index is 1080. The van der Waals surface area contributed by atoms with E-state index >= 15 is 0 Å². The molecule has 0 unspecified atom stereocenters. The van der Waals surface area contributed by atoms with Crippen molar-refractivity contribution in [1.82, 2.24) is 15.7 Å². The summed E-state index contributed by atoms with van der Waals surface area (Å²) >= 11 is 0. The van der Waals surface area contributed by atoms with Gasteiger partial charge in [0.05, 0.1) is 24.9 Å². The van der Waals surface area contributed by atoms with Gasteiger partial charge in [0.15, 0.2) is 6.29 Å². The maximum Gasteiger partial charge on any atom is 0.243 e. The van der Waals surface area contributed by atoms with Crippen molar-refractivity contribution in [2.45, 2.75) is 82.7 Å². The monoisotopic (exact) mass is 555 g/mol. The average Bonchev–Trinajstić information content (AvgIpc) is 3.39. The molecule has 0 radical (unpaired) electrons. The summed E-state index contributed by atoms with van der Waals surface area (Å²) in [4.78, 5) is 25.4. The third-order valence-electron chi connectivity index (χ3n) is 7.50. The molecule has 2 heterocycles. The summed E-state index contributed by atoms with van der Waals surface area (Å²) in [6.07, 6.45) is 3.09. The molecular weight excluding hydrogens is 514 g/mol. The van der Waals surface area contributed by atoms with Crippen molar-refractivity contribution in [1.29, 1.82) is 0 Å². The molecule has 2 saturated heterocycles. The van der Waals surface area contributed by atoms with Gasteiger partial charge in [0.25, 0.3) is 0 Å². The van der Waals surface area contributed by atoms with Gasteiger partial charge < -0.3 is 25.0 Å². The van der Waals surface area contributed by atoms with Crippen LogP contribution in [-0.2, 0) is 32.2 Å². The van der Waals surface area contributed by atoms with Gasteiger partial charge in [0, 0.05) is 51.0 Å². The van der Waals surface area contributed by atoms with E-state index in [1.807, 2.05) is 48.5 Å². The predicted molar refractivity (Wildman–Crippen MR) is 147 cm³/mol. The number of hydroxylamine groups is 1. The molecule has 218 valence electrons. The lowest BCUT2D eigenvalue weighted by molar-refractivity contribution is -0.252. The fourth-order valence-corrected chi connectivity index (χ4v) is 5.18. The zero-order chi connectivity index (χ0) is 28.3. The maximum absolute atomic E-state index is 12.2. The quantitative estimate of drug-likeness (QED) is 0.144. The summed E-state index contributed by atoms with van der Waals surface area (Å²) in [7, 11) is 0. The van der Waals surface area contributed by atoms with Gasteiger partial charge in [-0.2, -0.15) is 0 Å². The number of nitrogens with one attached hydrogen (secondary N) is 2. The van der Waals surface area contributed by atoms with Gasteiger partial charge in [0.1, 0.15) is 0 Å². The van der Waals surface area contributed by atoms with Crippen LogP contribution in [0.3, 0.4) is 0 Å². The lowest BCUT2D eigenvalue weighted by atomic mass is 9.99. The number of rotatable bonds is 13. The Morgan fingerprint density at radius 2 is 1.57 bits per heavy atom. The van der Waals surface area contributed by atoms with Gasteiger partial charge in [-0.15, -0.1) is 0 Å². The molecule has 40 heavy (non-hydrogen) atoms. The summed E-state index contributed by atoms with van der Waals surface area (Å²) in [5, 5.41) is 30.8. The number of unbranched alkanes of at least 4 members (excludes halogenated alkanes) is 2. The smallest absolute Gasteiger partial charge is 0.243 e. The zero-order valence-corrected chi connectivity index (χ0v) is 22.8. The fraction of sp³-hybridized carbons (Fsp3) is 0.533. The van der Waals surface area contributed by atoms with Crippen molar-refractivity contribution >= 4 is 11.8 Å². The molecule has 5 N–H and O–H groups in total. The number of aliphatic hydroxyl groups excluding tert-OH is 2. The third kappa shape index (κ3) is 9.09. The number of carbonyl (C=O) groups is 2. The largest absolute Gasteiger partial charge is 0.392 e. The maximum atomic E-state index is 12.2. The Morgan fingerprint density at radius 3 is 2.23 bits per heavy atom. The van der Waals surface area contributed by atoms with Crippen LogP contribution in [0.4, 0.5) is 0 Å². The average molecular weight is 556 g/mol.